The molecule has 3 unspecified atom stereocenters. The Balaban J connectivity index is 2.73. The molecule has 84 valence electrons. The number of hydrogen-bond acceptors (Lipinski definition) is 1. The Hall–Kier alpha value is -0.560. The number of aromatic nitrogens is 1. The van der Waals surface area contributed by atoms with E-state index in [2.05, 4.69) is 32.7 Å². The van der Waals surface area contributed by atoms with Crippen LogP contribution in [0.2, 0.25) is 0 Å². The van der Waals surface area contributed by atoms with E-state index in [1.807, 2.05) is 24.5 Å². The maximum atomic E-state index is 6.49. The number of rotatable bonds is 4. The van der Waals surface area contributed by atoms with Gasteiger partial charge in [0.15, 0.2) is 0 Å². The summed E-state index contributed by atoms with van der Waals surface area (Å²) in [5.41, 5.74) is 1.28. The average Bonchev–Trinajstić information content (AvgIpc) is 2.27. The fourth-order valence-electron chi connectivity index (χ4n) is 1.67. The largest absolute Gasteiger partial charge is 0.265 e. The van der Waals surface area contributed by atoms with Gasteiger partial charge in [-0.3, -0.25) is 4.98 Å². The van der Waals surface area contributed by atoms with Gasteiger partial charge < -0.3 is 0 Å². The lowest BCUT2D eigenvalue weighted by molar-refractivity contribution is 0.375. The first kappa shape index (κ1) is 12.5. The Morgan fingerprint density at radius 1 is 1.07 bits per heavy atom. The maximum Gasteiger partial charge on any atom is 0.0429 e. The van der Waals surface area contributed by atoms with Gasteiger partial charge in [0, 0.05) is 17.8 Å². The van der Waals surface area contributed by atoms with Gasteiger partial charge in [-0.2, -0.15) is 0 Å². The summed E-state index contributed by atoms with van der Waals surface area (Å²) < 4.78 is 0. The molecule has 15 heavy (non-hydrogen) atoms. The molecule has 1 aromatic rings. The molecule has 3 atom stereocenters. The van der Waals surface area contributed by atoms with Gasteiger partial charge in [0.05, 0.1) is 0 Å². The molecule has 1 heterocycles. The first-order valence-corrected chi connectivity index (χ1v) is 6.01. The van der Waals surface area contributed by atoms with Gasteiger partial charge in [-0.1, -0.05) is 27.7 Å². The Morgan fingerprint density at radius 3 is 2.07 bits per heavy atom. The van der Waals surface area contributed by atoms with Crippen molar-refractivity contribution in [3.05, 3.63) is 30.1 Å². The van der Waals surface area contributed by atoms with E-state index in [0.29, 0.717) is 17.8 Å². The fourth-order valence-corrected chi connectivity index (χ4v) is 2.11. The third kappa shape index (κ3) is 3.20. The molecule has 0 aliphatic carbocycles. The van der Waals surface area contributed by atoms with Crippen LogP contribution in [-0.4, -0.2) is 10.4 Å². The molecule has 0 aromatic carbocycles. The minimum atomic E-state index is 0.187. The molecule has 1 nitrogen and oxygen atoms in total. The molecule has 0 N–H and O–H groups in total. The number of nitrogens with zero attached hydrogens (tertiary/aromatic N) is 1. The van der Waals surface area contributed by atoms with Crippen LogP contribution in [0.5, 0.6) is 0 Å². The van der Waals surface area contributed by atoms with Crippen molar-refractivity contribution in [3.63, 3.8) is 0 Å². The smallest absolute Gasteiger partial charge is 0.0429 e. The molecule has 0 spiro atoms. The topological polar surface area (TPSA) is 12.9 Å². The molecule has 2 heteroatoms. The highest BCUT2D eigenvalue weighted by molar-refractivity contribution is 6.21. The lowest BCUT2D eigenvalue weighted by atomic mass is 9.85. The van der Waals surface area contributed by atoms with Gasteiger partial charge in [0.25, 0.3) is 0 Å². The van der Waals surface area contributed by atoms with Crippen molar-refractivity contribution in [2.45, 2.75) is 39.0 Å². The minimum absolute atomic E-state index is 0.187. The summed E-state index contributed by atoms with van der Waals surface area (Å²) in [5.74, 6) is 1.53. The van der Waals surface area contributed by atoms with E-state index in [1.165, 1.54) is 5.56 Å². The van der Waals surface area contributed by atoms with E-state index in [0.717, 1.165) is 0 Å². The highest BCUT2D eigenvalue weighted by atomic mass is 35.5. The van der Waals surface area contributed by atoms with Gasteiger partial charge in [-0.25, -0.2) is 0 Å². The Labute approximate surface area is 97.9 Å². The van der Waals surface area contributed by atoms with Gasteiger partial charge in [0.1, 0.15) is 0 Å². The summed E-state index contributed by atoms with van der Waals surface area (Å²) in [6.07, 6.45) is 3.66. The van der Waals surface area contributed by atoms with Crippen LogP contribution in [0.3, 0.4) is 0 Å². The molecule has 1 rings (SSSR count). The molecular formula is C13H20ClN. The summed E-state index contributed by atoms with van der Waals surface area (Å²) in [7, 11) is 0. The Kier molecular flexibility index (Phi) is 4.59. The molecular weight excluding hydrogens is 206 g/mol. The van der Waals surface area contributed by atoms with Gasteiger partial charge >= 0.3 is 0 Å². The van der Waals surface area contributed by atoms with Crippen LogP contribution in [0, 0.1) is 11.8 Å². The number of halogens is 1. The van der Waals surface area contributed by atoms with E-state index >= 15 is 0 Å². The van der Waals surface area contributed by atoms with Gasteiger partial charge in [-0.05, 0) is 35.4 Å². The van der Waals surface area contributed by atoms with E-state index < -0.39 is 0 Å². The van der Waals surface area contributed by atoms with Crippen molar-refractivity contribution in [1.29, 1.82) is 0 Å². The normalized spacial score (nSPS) is 17.5. The predicted octanol–water partition coefficient (Wildman–Crippen LogP) is 4.08. The molecule has 1 aromatic heterocycles. The zero-order valence-electron chi connectivity index (χ0n) is 9.94. The van der Waals surface area contributed by atoms with Crippen molar-refractivity contribution in [3.8, 4) is 0 Å². The van der Waals surface area contributed by atoms with Gasteiger partial charge in [-0.15, -0.1) is 11.6 Å². The zero-order valence-corrected chi connectivity index (χ0v) is 10.7. The number of alkyl halides is 1. The monoisotopic (exact) mass is 225 g/mol. The zero-order chi connectivity index (χ0) is 11.4. The SMILES string of the molecule is CC(C)C(C)C(Cl)C(C)c1ccncc1. The number of pyridine rings is 1. The molecule has 0 fully saturated rings. The van der Waals surface area contributed by atoms with E-state index in [9.17, 15) is 0 Å². The maximum absolute atomic E-state index is 6.49. The van der Waals surface area contributed by atoms with Crippen molar-refractivity contribution in [2.75, 3.05) is 0 Å². The molecule has 0 saturated heterocycles. The second-order valence-corrected chi connectivity index (χ2v) is 5.12. The minimum Gasteiger partial charge on any atom is -0.265 e. The van der Waals surface area contributed by atoms with E-state index in [-0.39, 0.29) is 5.38 Å². The molecule has 0 saturated carbocycles. The van der Waals surface area contributed by atoms with Crippen LogP contribution >= 0.6 is 11.6 Å². The fraction of sp³-hybridized carbons (Fsp3) is 0.615. The lowest BCUT2D eigenvalue weighted by Crippen LogP contribution is -2.22. The van der Waals surface area contributed by atoms with Crippen LogP contribution in [0.15, 0.2) is 24.5 Å². The van der Waals surface area contributed by atoms with E-state index in [4.69, 9.17) is 11.6 Å². The molecule has 0 aliphatic heterocycles. The summed E-state index contributed by atoms with van der Waals surface area (Å²) in [4.78, 5) is 4.02. The lowest BCUT2D eigenvalue weighted by Gasteiger charge is -2.27. The van der Waals surface area contributed by atoms with Gasteiger partial charge in [0.2, 0.25) is 0 Å². The van der Waals surface area contributed by atoms with Crippen LogP contribution in [0.25, 0.3) is 0 Å². The summed E-state index contributed by atoms with van der Waals surface area (Å²) >= 11 is 6.49. The molecule has 0 amide bonds. The first-order chi connectivity index (χ1) is 7.04. The molecule has 0 bridgehead atoms. The highest BCUT2D eigenvalue weighted by Gasteiger charge is 2.24. The summed E-state index contributed by atoms with van der Waals surface area (Å²) in [5, 5.41) is 0.187. The van der Waals surface area contributed by atoms with Crippen LogP contribution < -0.4 is 0 Å². The summed E-state index contributed by atoms with van der Waals surface area (Å²) in [6.45, 7) is 8.85. The number of hydrogen-bond donors (Lipinski definition) is 0. The average molecular weight is 226 g/mol. The van der Waals surface area contributed by atoms with Crippen molar-refractivity contribution in [2.24, 2.45) is 11.8 Å². The van der Waals surface area contributed by atoms with Crippen molar-refractivity contribution >= 4 is 11.6 Å². The van der Waals surface area contributed by atoms with Crippen molar-refractivity contribution < 1.29 is 0 Å². The first-order valence-electron chi connectivity index (χ1n) is 5.58. The van der Waals surface area contributed by atoms with Crippen LogP contribution in [-0.2, 0) is 0 Å². The van der Waals surface area contributed by atoms with E-state index in [1.54, 1.807) is 0 Å². The second-order valence-electron chi connectivity index (χ2n) is 4.62. The Bertz CT molecular complexity index is 284. The molecule has 0 radical (unpaired) electrons. The highest BCUT2D eigenvalue weighted by Crippen LogP contribution is 2.31. The third-order valence-electron chi connectivity index (χ3n) is 3.26. The quantitative estimate of drug-likeness (QED) is 0.704. The predicted molar refractivity (Wildman–Crippen MR) is 66.3 cm³/mol. The van der Waals surface area contributed by atoms with Crippen LogP contribution in [0.1, 0.15) is 39.2 Å². The second kappa shape index (κ2) is 5.50. The van der Waals surface area contributed by atoms with Crippen molar-refractivity contribution in [1.82, 2.24) is 4.98 Å². The third-order valence-corrected chi connectivity index (χ3v) is 4.04. The van der Waals surface area contributed by atoms with Crippen LogP contribution in [0.4, 0.5) is 0 Å². The standard InChI is InChI=1S/C13H20ClN/c1-9(2)10(3)13(14)11(4)12-5-7-15-8-6-12/h5-11,13H,1-4H3. The summed E-state index contributed by atoms with van der Waals surface area (Å²) in [6, 6.07) is 4.10. The molecule has 0 aliphatic rings. The Morgan fingerprint density at radius 2 is 1.60 bits per heavy atom.